The molecule has 0 saturated carbocycles. The fraction of sp³-hybridized carbons (Fsp3) is 0.588. The molecule has 0 spiro atoms. The van der Waals surface area contributed by atoms with Gasteiger partial charge in [0.2, 0.25) is 0 Å². The van der Waals surface area contributed by atoms with Crippen molar-refractivity contribution in [2.24, 2.45) is 0 Å². The van der Waals surface area contributed by atoms with Crippen LogP contribution in [0.15, 0.2) is 18.2 Å². The molecule has 1 heterocycles. The third-order valence-electron chi connectivity index (χ3n) is 4.07. The maximum absolute atomic E-state index is 11.9. The summed E-state index contributed by atoms with van der Waals surface area (Å²) >= 11 is 0. The Kier molecular flexibility index (Phi) is 6.52. The van der Waals surface area contributed by atoms with Gasteiger partial charge in [-0.15, -0.1) is 0 Å². The van der Waals surface area contributed by atoms with E-state index in [-0.39, 0.29) is 6.03 Å². The van der Waals surface area contributed by atoms with Gasteiger partial charge < -0.3 is 20.3 Å². The number of nitrogens with one attached hydrogen (secondary N) is 2. The van der Waals surface area contributed by atoms with E-state index in [9.17, 15) is 4.79 Å². The van der Waals surface area contributed by atoms with Gasteiger partial charge in [0.25, 0.3) is 0 Å². The Morgan fingerprint density at radius 2 is 2.05 bits per heavy atom. The first-order chi connectivity index (χ1) is 10.7. The summed E-state index contributed by atoms with van der Waals surface area (Å²) in [7, 11) is 1.64. The molecule has 2 rings (SSSR count). The number of urea groups is 1. The van der Waals surface area contributed by atoms with Crippen molar-refractivity contribution in [3.05, 3.63) is 23.8 Å². The van der Waals surface area contributed by atoms with Crippen molar-refractivity contribution < 1.29 is 9.53 Å². The van der Waals surface area contributed by atoms with E-state index in [2.05, 4.69) is 15.5 Å². The number of benzene rings is 1. The van der Waals surface area contributed by atoms with Gasteiger partial charge in [0.15, 0.2) is 0 Å². The molecule has 5 nitrogen and oxygen atoms in total. The Hall–Kier alpha value is -1.75. The minimum atomic E-state index is -0.146. The molecule has 2 N–H and O–H groups in total. The van der Waals surface area contributed by atoms with Crippen LogP contribution in [0.1, 0.15) is 31.2 Å². The molecule has 1 saturated heterocycles. The predicted molar refractivity (Wildman–Crippen MR) is 89.7 cm³/mol. The first-order valence-electron chi connectivity index (χ1n) is 8.11. The van der Waals surface area contributed by atoms with E-state index in [0.717, 1.165) is 30.0 Å². The van der Waals surface area contributed by atoms with E-state index in [1.54, 1.807) is 7.11 Å². The van der Waals surface area contributed by atoms with Crippen molar-refractivity contribution in [1.29, 1.82) is 0 Å². The van der Waals surface area contributed by atoms with Gasteiger partial charge >= 0.3 is 6.03 Å². The lowest BCUT2D eigenvalue weighted by Gasteiger charge is -2.26. The number of nitrogens with zero attached hydrogens (tertiary/aromatic N) is 1. The van der Waals surface area contributed by atoms with Crippen LogP contribution < -0.4 is 15.4 Å². The summed E-state index contributed by atoms with van der Waals surface area (Å²) in [6.07, 6.45) is 4.97. The zero-order valence-electron chi connectivity index (χ0n) is 13.7. The van der Waals surface area contributed by atoms with Crippen LogP contribution in [0.5, 0.6) is 5.75 Å². The molecule has 0 radical (unpaired) electrons. The Bertz CT molecular complexity index is 485. The Labute approximate surface area is 133 Å². The van der Waals surface area contributed by atoms with Gasteiger partial charge in [-0.25, -0.2) is 4.79 Å². The lowest BCUT2D eigenvalue weighted by molar-refractivity contribution is 0.224. The average Bonchev–Trinajstić information content (AvgIpc) is 2.54. The smallest absolute Gasteiger partial charge is 0.319 e. The van der Waals surface area contributed by atoms with Crippen LogP contribution in [0, 0.1) is 6.92 Å². The number of aryl methyl sites for hydroxylation is 1. The molecule has 0 aromatic heterocycles. The van der Waals surface area contributed by atoms with Crippen molar-refractivity contribution >= 4 is 11.7 Å². The van der Waals surface area contributed by atoms with E-state index in [4.69, 9.17) is 4.74 Å². The monoisotopic (exact) mass is 305 g/mol. The highest BCUT2D eigenvalue weighted by molar-refractivity contribution is 5.90. The summed E-state index contributed by atoms with van der Waals surface area (Å²) < 4.78 is 5.16. The fourth-order valence-electron chi connectivity index (χ4n) is 2.76. The van der Waals surface area contributed by atoms with Crippen LogP contribution in [-0.2, 0) is 0 Å². The van der Waals surface area contributed by atoms with E-state index in [1.807, 2.05) is 25.1 Å². The van der Waals surface area contributed by atoms with Crippen molar-refractivity contribution in [3.8, 4) is 5.75 Å². The van der Waals surface area contributed by atoms with Crippen LogP contribution in [-0.4, -0.2) is 44.2 Å². The number of ether oxygens (including phenoxy) is 1. The van der Waals surface area contributed by atoms with Gasteiger partial charge in [-0.05, 0) is 69.6 Å². The van der Waals surface area contributed by atoms with Crippen LogP contribution in [0.4, 0.5) is 10.5 Å². The van der Waals surface area contributed by atoms with Crippen LogP contribution in [0.3, 0.4) is 0 Å². The molecule has 122 valence electrons. The number of methoxy groups -OCH3 is 1. The van der Waals surface area contributed by atoms with Crippen LogP contribution in [0.2, 0.25) is 0 Å². The van der Waals surface area contributed by atoms with Gasteiger partial charge in [0.05, 0.1) is 7.11 Å². The number of anilines is 1. The largest absolute Gasteiger partial charge is 0.497 e. The molecule has 1 aliphatic heterocycles. The SMILES string of the molecule is COc1ccc(NC(=O)NCCCN2CCCCC2)c(C)c1. The van der Waals surface area contributed by atoms with E-state index < -0.39 is 0 Å². The molecule has 5 heteroatoms. The third-order valence-corrected chi connectivity index (χ3v) is 4.07. The fourth-order valence-corrected chi connectivity index (χ4v) is 2.76. The van der Waals surface area contributed by atoms with Gasteiger partial charge in [0.1, 0.15) is 5.75 Å². The van der Waals surface area contributed by atoms with E-state index in [1.165, 1.54) is 32.4 Å². The molecular formula is C17H27N3O2. The lowest BCUT2D eigenvalue weighted by Crippen LogP contribution is -2.34. The number of carbonyl (C=O) groups is 1. The van der Waals surface area contributed by atoms with Gasteiger partial charge in [-0.2, -0.15) is 0 Å². The average molecular weight is 305 g/mol. The maximum atomic E-state index is 11.9. The first kappa shape index (κ1) is 16.6. The lowest BCUT2D eigenvalue weighted by atomic mass is 10.1. The molecule has 0 bridgehead atoms. The molecule has 1 aliphatic rings. The third kappa shape index (κ3) is 5.22. The molecule has 0 aliphatic carbocycles. The number of carbonyl (C=O) groups excluding carboxylic acids is 1. The summed E-state index contributed by atoms with van der Waals surface area (Å²) in [6.45, 7) is 6.14. The zero-order valence-corrected chi connectivity index (χ0v) is 13.7. The number of piperidine rings is 1. The van der Waals surface area contributed by atoms with Crippen LogP contribution >= 0.6 is 0 Å². The summed E-state index contributed by atoms with van der Waals surface area (Å²) in [4.78, 5) is 14.4. The highest BCUT2D eigenvalue weighted by Gasteiger charge is 2.09. The number of rotatable bonds is 6. The molecule has 1 aromatic rings. The van der Waals surface area contributed by atoms with Gasteiger partial charge in [-0.1, -0.05) is 6.42 Å². The second-order valence-electron chi connectivity index (χ2n) is 5.82. The van der Waals surface area contributed by atoms with E-state index >= 15 is 0 Å². The Morgan fingerprint density at radius 3 is 2.73 bits per heavy atom. The van der Waals surface area contributed by atoms with Gasteiger partial charge in [-0.3, -0.25) is 0 Å². The minimum Gasteiger partial charge on any atom is -0.497 e. The number of likely N-dealkylation sites (tertiary alicyclic amines) is 1. The Balaban J connectivity index is 1.67. The molecule has 0 atom stereocenters. The topological polar surface area (TPSA) is 53.6 Å². The van der Waals surface area contributed by atoms with Crippen molar-refractivity contribution in [3.63, 3.8) is 0 Å². The quantitative estimate of drug-likeness (QED) is 0.794. The number of hydrogen-bond donors (Lipinski definition) is 2. The van der Waals surface area contributed by atoms with Crippen molar-refractivity contribution in [2.45, 2.75) is 32.6 Å². The van der Waals surface area contributed by atoms with E-state index in [0.29, 0.717) is 6.54 Å². The first-order valence-corrected chi connectivity index (χ1v) is 8.11. The zero-order chi connectivity index (χ0) is 15.8. The van der Waals surface area contributed by atoms with Gasteiger partial charge in [0, 0.05) is 12.2 Å². The molecule has 1 fully saturated rings. The highest BCUT2D eigenvalue weighted by Crippen LogP contribution is 2.20. The highest BCUT2D eigenvalue weighted by atomic mass is 16.5. The molecule has 1 aromatic carbocycles. The Morgan fingerprint density at radius 1 is 1.27 bits per heavy atom. The standard InChI is InChI=1S/C17H27N3O2/c1-14-13-15(22-2)7-8-16(14)19-17(21)18-9-6-12-20-10-4-3-5-11-20/h7-8,13H,3-6,9-12H2,1-2H3,(H2,18,19,21). The van der Waals surface area contributed by atoms with Crippen molar-refractivity contribution in [2.75, 3.05) is 38.6 Å². The predicted octanol–water partition coefficient (Wildman–Crippen LogP) is 3.00. The minimum absolute atomic E-state index is 0.146. The molecule has 2 amide bonds. The number of amides is 2. The molecular weight excluding hydrogens is 278 g/mol. The summed E-state index contributed by atoms with van der Waals surface area (Å²) in [5.41, 5.74) is 1.80. The normalized spacial score (nSPS) is 15.4. The second kappa shape index (κ2) is 8.63. The van der Waals surface area contributed by atoms with Crippen molar-refractivity contribution in [1.82, 2.24) is 10.2 Å². The number of hydrogen-bond acceptors (Lipinski definition) is 3. The maximum Gasteiger partial charge on any atom is 0.319 e. The summed E-state index contributed by atoms with van der Waals surface area (Å²) in [6, 6.07) is 5.47. The molecule has 22 heavy (non-hydrogen) atoms. The molecule has 0 unspecified atom stereocenters. The summed E-state index contributed by atoms with van der Waals surface area (Å²) in [5.74, 6) is 0.796. The van der Waals surface area contributed by atoms with Crippen LogP contribution in [0.25, 0.3) is 0 Å². The second-order valence-corrected chi connectivity index (χ2v) is 5.82. The summed E-state index contributed by atoms with van der Waals surface area (Å²) in [5, 5.41) is 5.80.